The van der Waals surface area contributed by atoms with Gasteiger partial charge in [0.15, 0.2) is 0 Å². The molecule has 0 radical (unpaired) electrons. The molecular weight excluding hydrogens is 1010 g/mol. The van der Waals surface area contributed by atoms with Crippen molar-refractivity contribution in [2.75, 3.05) is 12.5 Å². The Hall–Kier alpha value is -5.24. The minimum Gasteiger partial charge on any atom is -0.207 e. The molecular formula is C41H24BF25S. The zero-order valence-electron chi connectivity index (χ0n) is 33.4. The Labute approximate surface area is 369 Å². The quantitative estimate of drug-likeness (QED) is 0.0903. The number of rotatable bonds is 6. The summed E-state index contributed by atoms with van der Waals surface area (Å²) in [7, 11) is 0.283. The van der Waals surface area contributed by atoms with E-state index in [0.29, 0.717) is 0 Å². The average Bonchev–Trinajstić information content (AvgIpc) is 3.16. The second-order valence-corrected chi connectivity index (χ2v) is 17.2. The van der Waals surface area contributed by atoms with Crippen molar-refractivity contribution in [3.63, 3.8) is 0 Å². The Morgan fingerprint density at radius 3 is 0.676 bits per heavy atom. The van der Waals surface area contributed by atoms with Gasteiger partial charge in [0.05, 0.1) is 57.0 Å². The van der Waals surface area contributed by atoms with E-state index in [9.17, 15) is 110 Å². The van der Waals surface area contributed by atoms with Crippen LogP contribution in [0.1, 0.15) is 50.1 Å². The van der Waals surface area contributed by atoms with Crippen LogP contribution in [0.2, 0.25) is 0 Å². The molecule has 5 aromatic carbocycles. The Morgan fingerprint density at radius 2 is 0.515 bits per heavy atom. The fourth-order valence-corrected chi connectivity index (χ4v) is 7.85. The van der Waals surface area contributed by atoms with Gasteiger partial charge in [-0.25, -0.2) is 4.39 Å². The first-order valence-corrected chi connectivity index (χ1v) is 20.3. The molecule has 0 nitrogen and oxygen atoms in total. The van der Waals surface area contributed by atoms with Gasteiger partial charge in [-0.3, -0.25) is 0 Å². The predicted molar refractivity (Wildman–Crippen MR) is 199 cm³/mol. The number of benzene rings is 5. The lowest BCUT2D eigenvalue weighted by molar-refractivity contribution is -0.144. The molecule has 0 N–H and O–H groups in total. The summed E-state index contributed by atoms with van der Waals surface area (Å²) in [5, 5.41) is 0. The van der Waals surface area contributed by atoms with Gasteiger partial charge >= 0.3 is 49.4 Å². The van der Waals surface area contributed by atoms with Crippen molar-refractivity contribution in [2.24, 2.45) is 0 Å². The molecule has 0 unspecified atom stereocenters. The van der Waals surface area contributed by atoms with E-state index in [1.807, 2.05) is 12.1 Å². The third-order valence-electron chi connectivity index (χ3n) is 9.84. The molecule has 0 spiro atoms. The highest BCUT2D eigenvalue weighted by Gasteiger charge is 2.47. The monoisotopic (exact) mass is 1030 g/mol. The molecule has 0 bridgehead atoms. The van der Waals surface area contributed by atoms with Crippen LogP contribution in [-0.2, 0) is 66.1 Å². The normalized spacial score (nSPS) is 13.7. The van der Waals surface area contributed by atoms with Crippen LogP contribution in [0.3, 0.4) is 0 Å². The first-order chi connectivity index (χ1) is 30.5. The second kappa shape index (κ2) is 18.6. The summed E-state index contributed by atoms with van der Waals surface area (Å²) in [5.74, 6) is 0.779. The lowest BCUT2D eigenvalue weighted by Gasteiger charge is -2.46. The maximum absolute atomic E-state index is 14.2. The molecule has 0 aliphatic carbocycles. The fraction of sp³-hybridized carbons (Fsp3) is 0.268. The molecule has 0 aromatic heterocycles. The summed E-state index contributed by atoms with van der Waals surface area (Å²) in [4.78, 5) is 0. The minimum atomic E-state index is -6.13. The van der Waals surface area contributed by atoms with Gasteiger partial charge < -0.3 is 0 Å². The van der Waals surface area contributed by atoms with Crippen molar-refractivity contribution in [1.82, 2.24) is 0 Å². The van der Waals surface area contributed by atoms with Crippen LogP contribution in [0.25, 0.3) is 0 Å². The van der Waals surface area contributed by atoms with Crippen molar-refractivity contribution in [2.45, 2.75) is 55.2 Å². The van der Waals surface area contributed by atoms with Crippen LogP contribution in [0, 0.1) is 5.82 Å². The highest BCUT2D eigenvalue weighted by atomic mass is 32.2. The number of halogens is 25. The maximum Gasteiger partial charge on any atom is 0.416 e. The molecule has 0 fully saturated rings. The minimum absolute atomic E-state index is 0.0753. The number of alkyl halides is 24. The Morgan fingerprint density at radius 1 is 0.324 bits per heavy atom. The Kier molecular flexibility index (Phi) is 15.1. The lowest BCUT2D eigenvalue weighted by atomic mass is 9.12. The van der Waals surface area contributed by atoms with Gasteiger partial charge in [-0.15, -0.1) is 0 Å². The van der Waals surface area contributed by atoms with Crippen molar-refractivity contribution in [3.05, 3.63) is 153 Å². The third-order valence-corrected chi connectivity index (χ3v) is 10.7. The third kappa shape index (κ3) is 12.9. The summed E-state index contributed by atoms with van der Waals surface area (Å²) in [6.07, 6.45) is -50.6. The van der Waals surface area contributed by atoms with E-state index in [0.717, 1.165) is 11.3 Å². The summed E-state index contributed by atoms with van der Waals surface area (Å²) < 4.78 is 354. The topological polar surface area (TPSA) is 0 Å². The molecule has 0 saturated heterocycles. The van der Waals surface area contributed by atoms with Crippen LogP contribution >= 0.6 is 0 Å². The molecule has 0 saturated carbocycles. The second-order valence-electron chi connectivity index (χ2n) is 14.9. The molecule has 27 heteroatoms. The lowest BCUT2D eigenvalue weighted by Crippen LogP contribution is -2.75. The molecule has 0 heterocycles. The van der Waals surface area contributed by atoms with Crippen LogP contribution in [0.4, 0.5) is 110 Å². The van der Waals surface area contributed by atoms with Crippen LogP contribution < -0.4 is 21.9 Å². The average molecular weight is 1030 g/mol. The highest BCUT2D eigenvalue weighted by Crippen LogP contribution is 2.41. The van der Waals surface area contributed by atoms with E-state index in [4.69, 9.17) is 0 Å². The summed E-state index contributed by atoms with van der Waals surface area (Å²) in [6.45, 7) is 0. The van der Waals surface area contributed by atoms with E-state index in [1.54, 1.807) is 6.07 Å². The summed E-state index contributed by atoms with van der Waals surface area (Å²) in [6, 6.07) is -1.84. The summed E-state index contributed by atoms with van der Waals surface area (Å²) >= 11 is 0. The molecule has 0 aliphatic heterocycles. The fourth-order valence-electron chi connectivity index (χ4n) is 7.00. The standard InChI is InChI=1S/C32H12BF24.C9H12FS/c34-25(35,36)13-1-14(26(37,38)39)6-21(5-13)33(22-7-15(27(40,41)42)2-16(8-22)28(43,44)45,23-9-17(29(46,47)48)3-18(10-23)30(49,50)51)24-11-19(31(52,53)54)4-20(12-24)32(55,56)57;1-11(2)7-8-5-3-4-6-9(8)10/h1-12H;3-6H,7H2,1-2H3/q-1;+1. The highest BCUT2D eigenvalue weighted by molar-refractivity contribution is 7.94. The molecule has 0 aliphatic rings. The SMILES string of the molecule is C[S+](C)Cc1ccccc1F.FC(F)(F)c1cc([B-](c2cc(C(F)(F)F)cc(C(F)(F)F)c2)(c2cc(C(F)(F)F)cc(C(F)(F)F)c2)c2cc(C(F)(F)F)cc(C(F)(F)F)c2)cc(C(F)(F)F)c1. The van der Waals surface area contributed by atoms with Crippen LogP contribution in [0.15, 0.2) is 97.1 Å². The Balaban J connectivity index is 0.000000802. The molecule has 5 aromatic rings. The van der Waals surface area contributed by atoms with Crippen LogP contribution in [0.5, 0.6) is 0 Å². The van der Waals surface area contributed by atoms with Crippen molar-refractivity contribution >= 4 is 38.9 Å². The van der Waals surface area contributed by atoms with E-state index in [1.165, 1.54) is 6.07 Å². The van der Waals surface area contributed by atoms with Gasteiger partial charge in [-0.2, -0.15) is 127 Å². The van der Waals surface area contributed by atoms with Gasteiger partial charge in [0, 0.05) is 5.56 Å². The zero-order valence-corrected chi connectivity index (χ0v) is 34.2. The van der Waals surface area contributed by atoms with Gasteiger partial charge in [-0.1, -0.05) is 66.7 Å². The van der Waals surface area contributed by atoms with Gasteiger partial charge in [0.1, 0.15) is 17.7 Å². The molecule has 5 rings (SSSR count). The molecule has 372 valence electrons. The number of hydrogen-bond acceptors (Lipinski definition) is 0. The van der Waals surface area contributed by atoms with Crippen molar-refractivity contribution < 1.29 is 110 Å². The van der Waals surface area contributed by atoms with Crippen LogP contribution in [-0.4, -0.2) is 18.7 Å². The largest absolute Gasteiger partial charge is 0.416 e. The maximum atomic E-state index is 14.2. The van der Waals surface area contributed by atoms with Gasteiger partial charge in [0.2, 0.25) is 0 Å². The molecule has 0 amide bonds. The van der Waals surface area contributed by atoms with E-state index in [-0.39, 0.29) is 16.7 Å². The zero-order chi connectivity index (χ0) is 52.2. The first kappa shape index (κ1) is 55.4. The summed E-state index contributed by atoms with van der Waals surface area (Å²) in [5.41, 5.74) is -29.4. The smallest absolute Gasteiger partial charge is 0.207 e. The van der Waals surface area contributed by atoms with Crippen molar-refractivity contribution in [1.29, 1.82) is 0 Å². The van der Waals surface area contributed by atoms with E-state index >= 15 is 0 Å². The van der Waals surface area contributed by atoms with E-state index < -0.39 is 195 Å². The van der Waals surface area contributed by atoms with E-state index in [2.05, 4.69) is 12.5 Å². The first-order valence-electron chi connectivity index (χ1n) is 18.1. The Bertz CT molecular complexity index is 2150. The molecule has 0 atom stereocenters. The van der Waals surface area contributed by atoms with Gasteiger partial charge in [0.25, 0.3) is 0 Å². The van der Waals surface area contributed by atoms with Crippen molar-refractivity contribution in [3.8, 4) is 0 Å². The molecule has 68 heavy (non-hydrogen) atoms. The number of hydrogen-bond donors (Lipinski definition) is 0. The predicted octanol–water partition coefficient (Wildman–Crippen LogP) is 13.4. The van der Waals surface area contributed by atoms with Gasteiger partial charge in [-0.05, 0) is 41.2 Å².